The highest BCUT2D eigenvalue weighted by Gasteiger charge is 2.28. The smallest absolute Gasteiger partial charge is 0.0220 e. The van der Waals surface area contributed by atoms with Crippen molar-refractivity contribution >= 4 is 0 Å². The maximum Gasteiger partial charge on any atom is 0.0220 e. The van der Waals surface area contributed by atoms with Gasteiger partial charge in [0, 0.05) is 25.2 Å². The van der Waals surface area contributed by atoms with Gasteiger partial charge >= 0.3 is 0 Å². The molecule has 1 saturated carbocycles. The van der Waals surface area contributed by atoms with E-state index in [0.717, 1.165) is 12.0 Å². The van der Waals surface area contributed by atoms with Crippen molar-refractivity contribution in [2.75, 3.05) is 33.2 Å². The van der Waals surface area contributed by atoms with E-state index in [1.54, 1.807) is 0 Å². The van der Waals surface area contributed by atoms with Crippen molar-refractivity contribution in [3.05, 3.63) is 0 Å². The van der Waals surface area contributed by atoms with Gasteiger partial charge < -0.3 is 10.6 Å². The van der Waals surface area contributed by atoms with Crippen molar-refractivity contribution < 1.29 is 0 Å². The van der Waals surface area contributed by atoms with Crippen molar-refractivity contribution in [3.8, 4) is 0 Å². The van der Waals surface area contributed by atoms with Crippen LogP contribution in [0.15, 0.2) is 0 Å². The summed E-state index contributed by atoms with van der Waals surface area (Å²) in [6, 6.07) is 1.20. The lowest BCUT2D eigenvalue weighted by atomic mass is 9.84. The van der Waals surface area contributed by atoms with Gasteiger partial charge in [-0.1, -0.05) is 19.8 Å². The van der Waals surface area contributed by atoms with E-state index in [2.05, 4.69) is 23.8 Å². The summed E-state index contributed by atoms with van der Waals surface area (Å²) in [4.78, 5) is 5.23. The lowest BCUT2D eigenvalue weighted by Gasteiger charge is -2.37. The highest BCUT2D eigenvalue weighted by molar-refractivity contribution is 4.85. The van der Waals surface area contributed by atoms with Gasteiger partial charge in [0.1, 0.15) is 0 Å². The molecule has 18 heavy (non-hydrogen) atoms. The molecular formula is C15H31N3. The van der Waals surface area contributed by atoms with Gasteiger partial charge in [-0.15, -0.1) is 0 Å². The molecule has 0 spiro atoms. The Morgan fingerprint density at radius 3 is 2.61 bits per heavy atom. The monoisotopic (exact) mass is 253 g/mol. The van der Waals surface area contributed by atoms with E-state index in [0.29, 0.717) is 6.04 Å². The summed E-state index contributed by atoms with van der Waals surface area (Å²) < 4.78 is 0. The minimum Gasteiger partial charge on any atom is -0.327 e. The third kappa shape index (κ3) is 3.69. The Morgan fingerprint density at radius 2 is 1.89 bits per heavy atom. The van der Waals surface area contributed by atoms with Gasteiger partial charge in [0.05, 0.1) is 0 Å². The second-order valence-electron chi connectivity index (χ2n) is 6.38. The molecule has 1 aliphatic heterocycles. The Balaban J connectivity index is 1.92. The first-order chi connectivity index (χ1) is 8.70. The molecule has 0 bridgehead atoms. The predicted molar refractivity (Wildman–Crippen MR) is 77.7 cm³/mol. The topological polar surface area (TPSA) is 32.5 Å². The van der Waals surface area contributed by atoms with Crippen LogP contribution in [-0.2, 0) is 0 Å². The zero-order valence-corrected chi connectivity index (χ0v) is 12.3. The molecule has 1 saturated heterocycles. The van der Waals surface area contributed by atoms with Crippen LogP contribution in [-0.4, -0.2) is 55.1 Å². The van der Waals surface area contributed by atoms with Crippen LogP contribution in [0.3, 0.4) is 0 Å². The molecule has 2 fully saturated rings. The maximum atomic E-state index is 6.31. The summed E-state index contributed by atoms with van der Waals surface area (Å²) in [7, 11) is 2.26. The summed E-state index contributed by atoms with van der Waals surface area (Å²) in [5.74, 6) is 0.746. The standard InChI is InChI=1S/C15H31N3/c1-3-14-12-17(2)9-6-10-18(14)11-13-7-4-5-8-15(13)16/h13-15H,3-12,16H2,1-2H3. The first kappa shape index (κ1) is 14.3. The lowest BCUT2D eigenvalue weighted by Crippen LogP contribution is -2.46. The van der Waals surface area contributed by atoms with Crippen LogP contribution in [0.5, 0.6) is 0 Å². The third-order valence-corrected chi connectivity index (χ3v) is 4.93. The third-order valence-electron chi connectivity index (χ3n) is 4.93. The minimum absolute atomic E-state index is 0.456. The Hall–Kier alpha value is -0.120. The van der Waals surface area contributed by atoms with Crippen LogP contribution >= 0.6 is 0 Å². The normalized spacial score (nSPS) is 36.5. The highest BCUT2D eigenvalue weighted by atomic mass is 15.2. The molecule has 2 N–H and O–H groups in total. The molecule has 0 aromatic carbocycles. The second kappa shape index (κ2) is 6.88. The molecule has 0 aromatic rings. The Bertz CT molecular complexity index is 244. The maximum absolute atomic E-state index is 6.31. The van der Waals surface area contributed by atoms with Crippen LogP contribution in [0, 0.1) is 5.92 Å². The molecule has 0 amide bonds. The Morgan fingerprint density at radius 1 is 1.11 bits per heavy atom. The summed E-state index contributed by atoms with van der Waals surface area (Å²) in [5, 5.41) is 0. The minimum atomic E-state index is 0.456. The van der Waals surface area contributed by atoms with Crippen molar-refractivity contribution in [2.24, 2.45) is 11.7 Å². The van der Waals surface area contributed by atoms with Crippen LogP contribution in [0.1, 0.15) is 45.4 Å². The molecule has 0 aromatic heterocycles. The molecule has 2 aliphatic rings. The molecule has 0 radical (unpaired) electrons. The van der Waals surface area contributed by atoms with E-state index in [9.17, 15) is 0 Å². The quantitative estimate of drug-likeness (QED) is 0.834. The largest absolute Gasteiger partial charge is 0.327 e. The summed E-state index contributed by atoms with van der Waals surface area (Å²) >= 11 is 0. The fraction of sp³-hybridized carbons (Fsp3) is 1.00. The van der Waals surface area contributed by atoms with Gasteiger partial charge in [0.2, 0.25) is 0 Å². The Labute approximate surface area is 113 Å². The summed E-state index contributed by atoms with van der Waals surface area (Å²) in [6.45, 7) is 7.33. The van der Waals surface area contributed by atoms with Crippen LogP contribution < -0.4 is 5.73 Å². The van der Waals surface area contributed by atoms with E-state index in [4.69, 9.17) is 5.73 Å². The molecular weight excluding hydrogens is 222 g/mol. The molecule has 106 valence electrons. The van der Waals surface area contributed by atoms with E-state index in [-0.39, 0.29) is 0 Å². The number of hydrogen-bond donors (Lipinski definition) is 1. The summed E-state index contributed by atoms with van der Waals surface area (Å²) in [6.07, 6.45) is 7.92. The first-order valence-corrected chi connectivity index (χ1v) is 7.89. The second-order valence-corrected chi connectivity index (χ2v) is 6.38. The van der Waals surface area contributed by atoms with Gasteiger partial charge in [-0.05, 0) is 51.7 Å². The lowest BCUT2D eigenvalue weighted by molar-refractivity contribution is 0.133. The fourth-order valence-electron chi connectivity index (χ4n) is 3.68. The van der Waals surface area contributed by atoms with Gasteiger partial charge in [-0.25, -0.2) is 0 Å². The highest BCUT2D eigenvalue weighted by Crippen LogP contribution is 2.25. The Kier molecular flexibility index (Phi) is 5.46. The van der Waals surface area contributed by atoms with Crippen molar-refractivity contribution in [3.63, 3.8) is 0 Å². The number of nitrogens with zero attached hydrogens (tertiary/aromatic N) is 2. The average molecular weight is 253 g/mol. The van der Waals surface area contributed by atoms with E-state index < -0.39 is 0 Å². The van der Waals surface area contributed by atoms with E-state index in [1.807, 2.05) is 0 Å². The van der Waals surface area contributed by atoms with Crippen LogP contribution in [0.25, 0.3) is 0 Å². The predicted octanol–water partition coefficient (Wildman–Crippen LogP) is 1.92. The number of nitrogens with two attached hydrogens (primary N) is 1. The van der Waals surface area contributed by atoms with Crippen LogP contribution in [0.2, 0.25) is 0 Å². The van der Waals surface area contributed by atoms with E-state index >= 15 is 0 Å². The molecule has 1 aliphatic carbocycles. The number of rotatable bonds is 3. The van der Waals surface area contributed by atoms with Gasteiger partial charge in [-0.3, -0.25) is 4.90 Å². The molecule has 3 atom stereocenters. The average Bonchev–Trinajstić information content (AvgIpc) is 2.54. The molecule has 3 unspecified atom stereocenters. The zero-order valence-electron chi connectivity index (χ0n) is 12.3. The van der Waals surface area contributed by atoms with Gasteiger partial charge in [0.25, 0.3) is 0 Å². The summed E-state index contributed by atoms with van der Waals surface area (Å²) in [5.41, 5.74) is 6.31. The number of likely N-dealkylation sites (N-methyl/N-ethyl adjacent to an activating group) is 1. The molecule has 3 nitrogen and oxygen atoms in total. The van der Waals surface area contributed by atoms with E-state index in [1.165, 1.54) is 64.7 Å². The van der Waals surface area contributed by atoms with Crippen LogP contribution in [0.4, 0.5) is 0 Å². The fourth-order valence-corrected chi connectivity index (χ4v) is 3.68. The van der Waals surface area contributed by atoms with Gasteiger partial charge in [-0.2, -0.15) is 0 Å². The first-order valence-electron chi connectivity index (χ1n) is 7.89. The molecule has 1 heterocycles. The number of hydrogen-bond acceptors (Lipinski definition) is 3. The van der Waals surface area contributed by atoms with Gasteiger partial charge in [0.15, 0.2) is 0 Å². The SMILES string of the molecule is CCC1CN(C)CCCN1CC1CCCCC1N. The molecule has 3 heteroatoms. The van der Waals surface area contributed by atoms with Crippen molar-refractivity contribution in [1.82, 2.24) is 9.80 Å². The zero-order chi connectivity index (χ0) is 13.0. The van der Waals surface area contributed by atoms with Crippen molar-refractivity contribution in [1.29, 1.82) is 0 Å². The molecule has 2 rings (SSSR count). The van der Waals surface area contributed by atoms with Crippen molar-refractivity contribution in [2.45, 2.75) is 57.5 Å².